The fourth-order valence-corrected chi connectivity index (χ4v) is 6.14. The van der Waals surface area contributed by atoms with E-state index in [2.05, 4.69) is 85.7 Å². The Balaban J connectivity index is 1.71. The first-order chi connectivity index (χ1) is 14.4. The largest absolute Gasteiger partial charge is 0.376 e. The molecule has 1 aromatic rings. The highest BCUT2D eigenvalue weighted by atomic mass is 16.6. The van der Waals surface area contributed by atoms with Crippen LogP contribution in [0.4, 0.5) is 0 Å². The molecule has 0 saturated carbocycles. The zero-order chi connectivity index (χ0) is 22.3. The van der Waals surface area contributed by atoms with Gasteiger partial charge in [-0.2, -0.15) is 0 Å². The first-order valence-electron chi connectivity index (χ1n) is 11.8. The molecular weight excluding hydrogens is 384 g/mol. The molecule has 6 unspecified atom stereocenters. The van der Waals surface area contributed by atoms with Crippen molar-refractivity contribution in [1.29, 1.82) is 0 Å². The van der Waals surface area contributed by atoms with Gasteiger partial charge in [0.1, 0.15) is 12.2 Å². The first-order valence-corrected chi connectivity index (χ1v) is 11.8. The van der Waals surface area contributed by atoms with Crippen LogP contribution >= 0.6 is 0 Å². The Morgan fingerprint density at radius 3 is 2.29 bits per heavy atom. The smallest absolute Gasteiger partial charge is 0.108 e. The molecule has 0 bridgehead atoms. The molecule has 1 aliphatic carbocycles. The predicted molar refractivity (Wildman–Crippen MR) is 125 cm³/mol. The van der Waals surface area contributed by atoms with Gasteiger partial charge >= 0.3 is 0 Å². The summed E-state index contributed by atoms with van der Waals surface area (Å²) in [6, 6.07) is 7.11. The van der Waals surface area contributed by atoms with Crippen LogP contribution in [0, 0.1) is 23.7 Å². The molecule has 3 heteroatoms. The van der Waals surface area contributed by atoms with Gasteiger partial charge in [0.2, 0.25) is 0 Å². The van der Waals surface area contributed by atoms with Gasteiger partial charge in [-0.05, 0) is 41.4 Å². The quantitative estimate of drug-likeness (QED) is 0.533. The molecular formula is C28H38O3. The molecule has 0 amide bonds. The number of benzene rings is 1. The summed E-state index contributed by atoms with van der Waals surface area (Å²) in [5.41, 5.74) is 6.79. The Hall–Kier alpha value is -1.42. The van der Waals surface area contributed by atoms with E-state index in [1.165, 1.54) is 27.8 Å². The Bertz CT molecular complexity index is 957. The van der Waals surface area contributed by atoms with Crippen LogP contribution in [0.25, 0.3) is 5.57 Å². The third kappa shape index (κ3) is 3.44. The third-order valence-corrected chi connectivity index (χ3v) is 7.84. The third-order valence-electron chi connectivity index (χ3n) is 7.84. The predicted octanol–water partition coefficient (Wildman–Crippen LogP) is 5.85. The average Bonchev–Trinajstić information content (AvgIpc) is 3.55. The highest BCUT2D eigenvalue weighted by Gasteiger charge is 2.68. The number of ether oxygens (including phenoxy) is 3. The van der Waals surface area contributed by atoms with Gasteiger partial charge in [0.15, 0.2) is 0 Å². The molecule has 0 radical (unpaired) electrons. The number of rotatable bonds is 1. The van der Waals surface area contributed by atoms with Crippen molar-refractivity contribution in [2.75, 3.05) is 13.2 Å². The standard InChI is InChI=1S/C28H38O3/c1-16-9-18(12-19(10-16)26(3,4)5)20-11-17(2)13-28(27(6,7)8)23(20)24-21(30-24)14-29-15-22-25(28)31-22/h9-13,21-25H,14-15H2,1-8H3. The number of fused-ring (bicyclic) bond motifs is 5. The molecule has 3 aliphatic heterocycles. The first kappa shape index (κ1) is 21.4. The van der Waals surface area contributed by atoms with Crippen molar-refractivity contribution >= 4 is 5.57 Å². The second-order valence-electron chi connectivity index (χ2n) is 12.3. The average molecular weight is 423 g/mol. The summed E-state index contributed by atoms with van der Waals surface area (Å²) in [6.45, 7) is 19.8. The molecule has 3 nitrogen and oxygen atoms in total. The molecule has 1 aromatic carbocycles. The fraction of sp³-hybridized carbons (Fsp3) is 0.643. The highest BCUT2D eigenvalue weighted by Crippen LogP contribution is 2.64. The summed E-state index contributed by atoms with van der Waals surface area (Å²) >= 11 is 0. The van der Waals surface area contributed by atoms with E-state index in [1.54, 1.807) is 0 Å². The zero-order valence-electron chi connectivity index (χ0n) is 20.4. The molecule has 4 aliphatic rings. The van der Waals surface area contributed by atoms with Gasteiger partial charge in [0.05, 0.1) is 25.4 Å². The van der Waals surface area contributed by atoms with Crippen LogP contribution in [-0.4, -0.2) is 37.6 Å². The van der Waals surface area contributed by atoms with Crippen molar-refractivity contribution in [2.45, 2.75) is 85.2 Å². The lowest BCUT2D eigenvalue weighted by atomic mass is 9.52. The summed E-state index contributed by atoms with van der Waals surface area (Å²) < 4.78 is 18.6. The van der Waals surface area contributed by atoms with Crippen LogP contribution in [0.15, 0.2) is 35.9 Å². The van der Waals surface area contributed by atoms with Gasteiger partial charge in [-0.15, -0.1) is 0 Å². The van der Waals surface area contributed by atoms with Gasteiger partial charge in [-0.25, -0.2) is 0 Å². The lowest BCUT2D eigenvalue weighted by molar-refractivity contribution is 0.0444. The van der Waals surface area contributed by atoms with E-state index in [0.717, 1.165) is 0 Å². The van der Waals surface area contributed by atoms with Gasteiger partial charge in [-0.1, -0.05) is 83.0 Å². The van der Waals surface area contributed by atoms with Crippen LogP contribution in [-0.2, 0) is 19.6 Å². The van der Waals surface area contributed by atoms with E-state index in [4.69, 9.17) is 14.2 Å². The van der Waals surface area contributed by atoms with Gasteiger partial charge in [-0.3, -0.25) is 0 Å². The van der Waals surface area contributed by atoms with Crippen LogP contribution in [0.3, 0.4) is 0 Å². The maximum absolute atomic E-state index is 6.34. The van der Waals surface area contributed by atoms with Crippen LogP contribution in [0.2, 0.25) is 0 Å². The fourth-order valence-electron chi connectivity index (χ4n) is 6.14. The van der Waals surface area contributed by atoms with E-state index in [1.807, 2.05) is 0 Å². The monoisotopic (exact) mass is 422 g/mol. The number of hydrogen-bond acceptors (Lipinski definition) is 3. The SMILES string of the molecule is CC1=CC2(C(C)(C)C)C3OC3COCC3OC3C2C(c2cc(C)cc(C(C)(C)C)c2)=C1. The summed E-state index contributed by atoms with van der Waals surface area (Å²) in [6.07, 6.45) is 5.64. The lowest BCUT2D eigenvalue weighted by Crippen LogP contribution is -2.50. The number of allylic oxidation sites excluding steroid dienone is 2. The molecule has 3 fully saturated rings. The van der Waals surface area contributed by atoms with Crippen LogP contribution in [0.1, 0.15) is 65.2 Å². The Kier molecular flexibility index (Phi) is 4.69. The summed E-state index contributed by atoms with van der Waals surface area (Å²) in [5, 5.41) is 0. The van der Waals surface area contributed by atoms with Crippen LogP contribution < -0.4 is 0 Å². The minimum atomic E-state index is -0.120. The van der Waals surface area contributed by atoms with E-state index in [9.17, 15) is 0 Å². The van der Waals surface area contributed by atoms with Crippen molar-refractivity contribution in [1.82, 2.24) is 0 Å². The molecule has 3 heterocycles. The van der Waals surface area contributed by atoms with Crippen molar-refractivity contribution in [2.24, 2.45) is 16.7 Å². The van der Waals surface area contributed by atoms with Crippen molar-refractivity contribution in [3.63, 3.8) is 0 Å². The number of aryl methyl sites for hydroxylation is 1. The van der Waals surface area contributed by atoms with E-state index < -0.39 is 0 Å². The van der Waals surface area contributed by atoms with Crippen molar-refractivity contribution in [3.05, 3.63) is 52.6 Å². The molecule has 6 atom stereocenters. The molecule has 5 rings (SSSR count). The molecule has 0 N–H and O–H groups in total. The van der Waals surface area contributed by atoms with E-state index in [-0.39, 0.29) is 46.6 Å². The van der Waals surface area contributed by atoms with E-state index in [0.29, 0.717) is 13.2 Å². The van der Waals surface area contributed by atoms with Crippen LogP contribution in [0.5, 0.6) is 0 Å². The zero-order valence-corrected chi connectivity index (χ0v) is 20.4. The highest BCUT2D eigenvalue weighted by molar-refractivity contribution is 5.75. The minimum absolute atomic E-state index is 0.0232. The summed E-state index contributed by atoms with van der Waals surface area (Å²) in [4.78, 5) is 0. The number of epoxide rings is 2. The molecule has 0 aromatic heterocycles. The normalized spacial score (nSPS) is 37.2. The maximum atomic E-state index is 6.34. The Morgan fingerprint density at radius 2 is 1.61 bits per heavy atom. The Labute approximate surface area is 187 Å². The second-order valence-corrected chi connectivity index (χ2v) is 12.3. The Morgan fingerprint density at radius 1 is 0.903 bits per heavy atom. The molecule has 168 valence electrons. The molecule has 3 saturated heterocycles. The molecule has 0 spiro atoms. The van der Waals surface area contributed by atoms with Gasteiger partial charge in [0.25, 0.3) is 0 Å². The topological polar surface area (TPSA) is 34.3 Å². The van der Waals surface area contributed by atoms with Gasteiger partial charge < -0.3 is 14.2 Å². The van der Waals surface area contributed by atoms with Crippen molar-refractivity contribution in [3.8, 4) is 0 Å². The summed E-state index contributed by atoms with van der Waals surface area (Å²) in [7, 11) is 0. The molecule has 31 heavy (non-hydrogen) atoms. The lowest BCUT2D eigenvalue weighted by Gasteiger charge is -2.50. The number of hydrogen-bond donors (Lipinski definition) is 0. The van der Waals surface area contributed by atoms with E-state index >= 15 is 0 Å². The second kappa shape index (κ2) is 6.79. The minimum Gasteiger partial charge on any atom is -0.376 e. The van der Waals surface area contributed by atoms with Gasteiger partial charge in [0, 0.05) is 11.3 Å². The summed E-state index contributed by atoms with van der Waals surface area (Å²) in [5.74, 6) is 0.257. The maximum Gasteiger partial charge on any atom is 0.108 e. The van der Waals surface area contributed by atoms with Crippen molar-refractivity contribution < 1.29 is 14.2 Å².